The molecule has 1 aromatic carbocycles. The predicted octanol–water partition coefficient (Wildman–Crippen LogP) is 4.82. The van der Waals surface area contributed by atoms with Crippen LogP contribution in [-0.4, -0.2) is 0 Å². The molecule has 0 spiro atoms. The number of hydrogen-bond donors (Lipinski definition) is 0. The number of benzene rings is 1. The van der Waals surface area contributed by atoms with Gasteiger partial charge in [-0.25, -0.2) is 0 Å². The highest BCUT2D eigenvalue weighted by Gasteiger charge is 2.13. The fourth-order valence-electron chi connectivity index (χ4n) is 2.94. The largest absolute Gasteiger partial charge is 0.133 e. The molecule has 0 heteroatoms. The molecule has 0 aliphatic rings. The van der Waals surface area contributed by atoms with E-state index in [4.69, 9.17) is 0 Å². The summed E-state index contributed by atoms with van der Waals surface area (Å²) in [6, 6.07) is 2.41. The minimum absolute atomic E-state index is 0.969. The first-order valence-corrected chi connectivity index (χ1v) is 7.22. The monoisotopic (exact) mass is 242 g/mol. The highest BCUT2D eigenvalue weighted by molar-refractivity contribution is 5.47. The van der Waals surface area contributed by atoms with Crippen molar-refractivity contribution in [2.45, 2.75) is 59.8 Å². The summed E-state index contributed by atoms with van der Waals surface area (Å²) in [5.41, 5.74) is 10.6. The molecule has 0 amide bonds. The number of rotatable bonds is 6. The van der Waals surface area contributed by atoms with E-state index >= 15 is 0 Å². The van der Waals surface area contributed by atoms with E-state index < -0.39 is 0 Å². The van der Waals surface area contributed by atoms with Gasteiger partial charge in [-0.15, -0.1) is 5.73 Å². The Morgan fingerprint density at radius 3 is 1.89 bits per heavy atom. The molecule has 0 unspecified atom stereocenters. The number of hydrogen-bond acceptors (Lipinski definition) is 0. The summed E-state index contributed by atoms with van der Waals surface area (Å²) in [6.07, 6.45) is 7.56. The third-order valence-corrected chi connectivity index (χ3v) is 3.76. The molecule has 0 heterocycles. The summed E-state index contributed by atoms with van der Waals surface area (Å²) in [7, 11) is 0. The van der Waals surface area contributed by atoms with Crippen LogP contribution in [0.1, 0.15) is 55.5 Å². The Bertz CT molecular complexity index is 446. The highest BCUT2D eigenvalue weighted by atomic mass is 14.2. The van der Waals surface area contributed by atoms with E-state index in [9.17, 15) is 0 Å². The molecule has 0 aliphatic heterocycles. The molecule has 0 atom stereocenters. The minimum Gasteiger partial charge on any atom is -0.133 e. The molecule has 0 nitrogen and oxygen atoms in total. The first-order valence-electron chi connectivity index (χ1n) is 7.22. The van der Waals surface area contributed by atoms with Crippen LogP contribution in [-0.2, 0) is 32.1 Å². The molecule has 1 aromatic rings. The maximum Gasteiger partial charge on any atom is -0.00185 e. The fourth-order valence-corrected chi connectivity index (χ4v) is 2.94. The average molecular weight is 242 g/mol. The van der Waals surface area contributed by atoms with E-state index in [2.05, 4.69) is 46.1 Å². The Morgan fingerprint density at radius 1 is 0.889 bits per heavy atom. The second kappa shape index (κ2) is 7.24. The van der Waals surface area contributed by atoms with Crippen LogP contribution in [0.5, 0.6) is 0 Å². The fraction of sp³-hybridized carbons (Fsp3) is 0.500. The Kier molecular flexibility index (Phi) is 5.95. The van der Waals surface area contributed by atoms with Crippen molar-refractivity contribution in [3.8, 4) is 0 Å². The van der Waals surface area contributed by atoms with Crippen LogP contribution in [0.15, 0.2) is 24.5 Å². The van der Waals surface area contributed by atoms with Gasteiger partial charge in [-0.05, 0) is 66.0 Å². The van der Waals surface area contributed by atoms with Crippen molar-refractivity contribution in [2.75, 3.05) is 0 Å². The van der Waals surface area contributed by atoms with E-state index in [1.807, 2.05) is 6.08 Å². The van der Waals surface area contributed by atoms with Crippen molar-refractivity contribution in [3.05, 3.63) is 52.3 Å². The standard InChI is InChI=1S/C18H26/c1-6-11-12-15-13-14(7-2)16(8-3)18(10-5)17(15)9-4/h11,13H,1,7-10,12H2,2-5H3. The molecule has 1 rings (SSSR count). The molecular weight excluding hydrogens is 216 g/mol. The maximum atomic E-state index is 3.67. The van der Waals surface area contributed by atoms with E-state index in [1.54, 1.807) is 16.7 Å². The van der Waals surface area contributed by atoms with Gasteiger partial charge in [0.15, 0.2) is 0 Å². The summed E-state index contributed by atoms with van der Waals surface area (Å²) in [5.74, 6) is 0. The SMILES string of the molecule is C=C=CCc1cc(CC)c(CC)c(CC)c1CC. The number of allylic oxidation sites excluding steroid dienone is 1. The Balaban J connectivity index is 3.46. The van der Waals surface area contributed by atoms with Crippen molar-refractivity contribution in [1.82, 2.24) is 0 Å². The smallest absolute Gasteiger partial charge is 0.00185 e. The van der Waals surface area contributed by atoms with Crippen molar-refractivity contribution in [2.24, 2.45) is 0 Å². The Labute approximate surface area is 112 Å². The predicted molar refractivity (Wildman–Crippen MR) is 81.4 cm³/mol. The third kappa shape index (κ3) is 2.94. The van der Waals surface area contributed by atoms with Gasteiger partial charge in [0.25, 0.3) is 0 Å². The summed E-state index contributed by atoms with van der Waals surface area (Å²) in [4.78, 5) is 0. The topological polar surface area (TPSA) is 0 Å². The van der Waals surface area contributed by atoms with E-state index in [1.165, 1.54) is 11.1 Å². The zero-order valence-electron chi connectivity index (χ0n) is 12.4. The first-order chi connectivity index (χ1) is 8.73. The van der Waals surface area contributed by atoms with Gasteiger partial charge in [0.05, 0.1) is 0 Å². The van der Waals surface area contributed by atoms with Crippen LogP contribution in [0.2, 0.25) is 0 Å². The van der Waals surface area contributed by atoms with Gasteiger partial charge in [0.2, 0.25) is 0 Å². The van der Waals surface area contributed by atoms with Crippen molar-refractivity contribution in [1.29, 1.82) is 0 Å². The quantitative estimate of drug-likeness (QED) is 0.627. The second-order valence-electron chi connectivity index (χ2n) is 4.66. The number of aryl methyl sites for hydroxylation is 1. The molecule has 0 aromatic heterocycles. The van der Waals surface area contributed by atoms with Gasteiger partial charge in [-0.1, -0.05) is 40.3 Å². The zero-order chi connectivity index (χ0) is 13.5. The summed E-state index contributed by atoms with van der Waals surface area (Å²) in [6.45, 7) is 12.7. The third-order valence-electron chi connectivity index (χ3n) is 3.76. The van der Waals surface area contributed by atoms with Gasteiger partial charge in [0.1, 0.15) is 0 Å². The Morgan fingerprint density at radius 2 is 1.44 bits per heavy atom. The minimum atomic E-state index is 0.969. The maximum absolute atomic E-state index is 3.67. The van der Waals surface area contributed by atoms with Crippen LogP contribution >= 0.6 is 0 Å². The second-order valence-corrected chi connectivity index (χ2v) is 4.66. The van der Waals surface area contributed by atoms with Gasteiger partial charge in [-0.3, -0.25) is 0 Å². The van der Waals surface area contributed by atoms with E-state index in [0.29, 0.717) is 0 Å². The summed E-state index contributed by atoms with van der Waals surface area (Å²) < 4.78 is 0. The molecule has 0 saturated carbocycles. The summed E-state index contributed by atoms with van der Waals surface area (Å²) >= 11 is 0. The van der Waals surface area contributed by atoms with E-state index in [0.717, 1.165) is 32.1 Å². The van der Waals surface area contributed by atoms with E-state index in [-0.39, 0.29) is 0 Å². The lowest BCUT2D eigenvalue weighted by molar-refractivity contribution is 0.924. The highest BCUT2D eigenvalue weighted by Crippen LogP contribution is 2.26. The lowest BCUT2D eigenvalue weighted by Gasteiger charge is -2.19. The van der Waals surface area contributed by atoms with Gasteiger partial charge < -0.3 is 0 Å². The molecular formula is C18H26. The lowest BCUT2D eigenvalue weighted by atomic mass is 9.86. The molecule has 0 fully saturated rings. The lowest BCUT2D eigenvalue weighted by Crippen LogP contribution is -2.06. The molecule has 0 N–H and O–H groups in total. The van der Waals surface area contributed by atoms with Crippen LogP contribution in [0.25, 0.3) is 0 Å². The van der Waals surface area contributed by atoms with Crippen LogP contribution in [0, 0.1) is 0 Å². The van der Waals surface area contributed by atoms with Gasteiger partial charge in [-0.2, -0.15) is 0 Å². The Hall–Kier alpha value is -1.26. The molecule has 98 valence electrons. The van der Waals surface area contributed by atoms with Crippen molar-refractivity contribution < 1.29 is 0 Å². The summed E-state index contributed by atoms with van der Waals surface area (Å²) in [5, 5.41) is 0. The molecule has 0 radical (unpaired) electrons. The average Bonchev–Trinajstić information content (AvgIpc) is 2.42. The molecule has 0 saturated heterocycles. The molecule has 0 bridgehead atoms. The van der Waals surface area contributed by atoms with Crippen LogP contribution in [0.4, 0.5) is 0 Å². The molecule has 0 aliphatic carbocycles. The molecule has 18 heavy (non-hydrogen) atoms. The van der Waals surface area contributed by atoms with Gasteiger partial charge in [0, 0.05) is 0 Å². The van der Waals surface area contributed by atoms with Crippen LogP contribution in [0.3, 0.4) is 0 Å². The first kappa shape index (κ1) is 14.8. The zero-order valence-corrected chi connectivity index (χ0v) is 12.4. The van der Waals surface area contributed by atoms with Gasteiger partial charge >= 0.3 is 0 Å². The normalized spacial score (nSPS) is 10.2. The van der Waals surface area contributed by atoms with Crippen molar-refractivity contribution in [3.63, 3.8) is 0 Å². The van der Waals surface area contributed by atoms with Crippen molar-refractivity contribution >= 4 is 0 Å². The van der Waals surface area contributed by atoms with Crippen LogP contribution < -0.4 is 0 Å².